The van der Waals surface area contributed by atoms with Gasteiger partial charge >= 0.3 is 0 Å². The van der Waals surface area contributed by atoms with Gasteiger partial charge in [-0.1, -0.05) is 42.0 Å². The summed E-state index contributed by atoms with van der Waals surface area (Å²) < 4.78 is 1.67. The van der Waals surface area contributed by atoms with Crippen LogP contribution < -0.4 is 10.2 Å². The molecule has 0 radical (unpaired) electrons. The first-order valence-corrected chi connectivity index (χ1v) is 9.87. The highest BCUT2D eigenvalue weighted by molar-refractivity contribution is 6.12. The second-order valence-electron chi connectivity index (χ2n) is 7.40. The van der Waals surface area contributed by atoms with E-state index < -0.39 is 0 Å². The molecule has 0 atom stereocenters. The minimum atomic E-state index is -0.360. The number of aromatic nitrogens is 2. The molecule has 148 valence electrons. The summed E-state index contributed by atoms with van der Waals surface area (Å²) in [5.74, 6) is -0.374. The molecule has 0 saturated carbocycles. The monoisotopic (exact) mass is 396 g/mol. The van der Waals surface area contributed by atoms with Crippen LogP contribution in [0.25, 0.3) is 5.52 Å². The van der Waals surface area contributed by atoms with Crippen LogP contribution in [0.3, 0.4) is 0 Å². The molecular weight excluding hydrogens is 376 g/mol. The van der Waals surface area contributed by atoms with Gasteiger partial charge in [0.1, 0.15) is 0 Å². The molecule has 2 amide bonds. The first-order chi connectivity index (χ1) is 14.6. The summed E-state index contributed by atoms with van der Waals surface area (Å²) >= 11 is 0. The van der Waals surface area contributed by atoms with E-state index in [1.165, 1.54) is 0 Å². The number of rotatable bonds is 3. The molecule has 6 nitrogen and oxygen atoms in total. The lowest BCUT2D eigenvalue weighted by molar-refractivity contribution is 0.0986. The number of aryl methyl sites for hydroxylation is 1. The maximum absolute atomic E-state index is 13.4. The SMILES string of the molecule is Cc1ccc(NC(=O)c2nc(C(=O)N3CCc4ccccc43)c3ccccn23)cc1. The van der Waals surface area contributed by atoms with E-state index in [2.05, 4.69) is 10.3 Å². The number of fused-ring (bicyclic) bond motifs is 2. The fourth-order valence-corrected chi connectivity index (χ4v) is 3.86. The van der Waals surface area contributed by atoms with Gasteiger partial charge in [-0.25, -0.2) is 4.98 Å². The van der Waals surface area contributed by atoms with Crippen LogP contribution in [0.4, 0.5) is 11.4 Å². The predicted octanol–water partition coefficient (Wildman–Crippen LogP) is 4.10. The molecular formula is C24H20N4O2. The van der Waals surface area contributed by atoms with Gasteiger partial charge in [-0.05, 0) is 49.2 Å². The Hall–Kier alpha value is -3.93. The van der Waals surface area contributed by atoms with E-state index in [9.17, 15) is 9.59 Å². The lowest BCUT2D eigenvalue weighted by atomic mass is 10.2. The van der Waals surface area contributed by atoms with Crippen molar-refractivity contribution >= 4 is 28.7 Å². The van der Waals surface area contributed by atoms with Gasteiger partial charge < -0.3 is 10.2 Å². The standard InChI is InChI=1S/C24H20N4O2/c1-16-9-11-18(12-10-16)25-23(29)22-26-21(20-8-4-5-14-27(20)22)24(30)28-15-13-17-6-2-3-7-19(17)28/h2-12,14H,13,15H2,1H3,(H,25,29). The second kappa shape index (κ2) is 7.15. The Balaban J connectivity index is 1.52. The predicted molar refractivity (Wildman–Crippen MR) is 116 cm³/mol. The summed E-state index contributed by atoms with van der Waals surface area (Å²) in [5, 5.41) is 2.87. The van der Waals surface area contributed by atoms with E-state index >= 15 is 0 Å². The van der Waals surface area contributed by atoms with Gasteiger partial charge in [0.05, 0.1) is 5.52 Å². The Labute approximate surface area is 173 Å². The van der Waals surface area contributed by atoms with Crippen molar-refractivity contribution in [1.29, 1.82) is 0 Å². The molecule has 1 aliphatic rings. The van der Waals surface area contributed by atoms with Crippen LogP contribution in [0.5, 0.6) is 0 Å². The fourth-order valence-electron chi connectivity index (χ4n) is 3.86. The molecule has 0 unspecified atom stereocenters. The van der Waals surface area contributed by atoms with E-state index in [-0.39, 0.29) is 23.3 Å². The zero-order valence-electron chi connectivity index (χ0n) is 16.5. The number of para-hydroxylation sites is 1. The zero-order valence-corrected chi connectivity index (χ0v) is 16.5. The number of pyridine rings is 1. The average Bonchev–Trinajstić information content (AvgIpc) is 3.37. The Bertz CT molecular complexity index is 1270. The van der Waals surface area contributed by atoms with Gasteiger partial charge in [0, 0.05) is 24.1 Å². The van der Waals surface area contributed by atoms with Crippen molar-refractivity contribution in [1.82, 2.24) is 9.38 Å². The van der Waals surface area contributed by atoms with Crippen molar-refractivity contribution < 1.29 is 9.59 Å². The number of imidazole rings is 1. The minimum Gasteiger partial charge on any atom is -0.319 e. The van der Waals surface area contributed by atoms with Crippen molar-refractivity contribution in [2.45, 2.75) is 13.3 Å². The molecule has 2 aromatic carbocycles. The van der Waals surface area contributed by atoms with Gasteiger partial charge in [0.15, 0.2) is 5.69 Å². The normalized spacial score (nSPS) is 12.8. The Kier molecular flexibility index (Phi) is 4.32. The first-order valence-electron chi connectivity index (χ1n) is 9.87. The molecule has 0 spiro atoms. The Morgan fingerprint density at radius 3 is 2.57 bits per heavy atom. The molecule has 2 aromatic heterocycles. The van der Waals surface area contributed by atoms with Gasteiger partial charge in [-0.3, -0.25) is 14.0 Å². The quantitative estimate of drug-likeness (QED) is 0.567. The topological polar surface area (TPSA) is 66.7 Å². The molecule has 0 fully saturated rings. The lowest BCUT2D eigenvalue weighted by Crippen LogP contribution is -2.29. The van der Waals surface area contributed by atoms with E-state index in [1.54, 1.807) is 15.5 Å². The van der Waals surface area contributed by atoms with E-state index in [0.29, 0.717) is 17.7 Å². The van der Waals surface area contributed by atoms with Crippen LogP contribution in [0.1, 0.15) is 32.2 Å². The molecule has 1 aliphatic heterocycles. The van der Waals surface area contributed by atoms with Crippen LogP contribution in [0.15, 0.2) is 72.9 Å². The number of hydrogen-bond acceptors (Lipinski definition) is 3. The first kappa shape index (κ1) is 18.1. The molecule has 1 N–H and O–H groups in total. The molecule has 0 bridgehead atoms. The number of hydrogen-bond donors (Lipinski definition) is 1. The maximum atomic E-state index is 13.4. The summed E-state index contributed by atoms with van der Waals surface area (Å²) in [5.41, 5.74) is 4.73. The Morgan fingerprint density at radius 1 is 0.967 bits per heavy atom. The summed E-state index contributed by atoms with van der Waals surface area (Å²) in [4.78, 5) is 32.5. The highest BCUT2D eigenvalue weighted by atomic mass is 16.2. The Morgan fingerprint density at radius 2 is 1.73 bits per heavy atom. The van der Waals surface area contributed by atoms with Crippen LogP contribution in [0, 0.1) is 6.92 Å². The van der Waals surface area contributed by atoms with Gasteiger partial charge in [0.25, 0.3) is 11.8 Å². The number of anilines is 2. The molecule has 30 heavy (non-hydrogen) atoms. The third-order valence-electron chi connectivity index (χ3n) is 5.40. The van der Waals surface area contributed by atoms with E-state index in [1.807, 2.05) is 73.7 Å². The van der Waals surface area contributed by atoms with E-state index in [4.69, 9.17) is 0 Å². The smallest absolute Gasteiger partial charge is 0.292 e. The van der Waals surface area contributed by atoms with Gasteiger partial charge in [0.2, 0.25) is 5.82 Å². The number of benzene rings is 2. The second-order valence-corrected chi connectivity index (χ2v) is 7.40. The van der Waals surface area contributed by atoms with Crippen molar-refractivity contribution in [2.75, 3.05) is 16.8 Å². The molecule has 0 saturated heterocycles. The molecule has 3 heterocycles. The summed E-state index contributed by atoms with van der Waals surface area (Å²) in [6.45, 7) is 2.59. The molecule has 5 rings (SSSR count). The summed E-state index contributed by atoms with van der Waals surface area (Å²) in [6.07, 6.45) is 2.57. The maximum Gasteiger partial charge on any atom is 0.292 e. The van der Waals surface area contributed by atoms with Crippen LogP contribution in [0.2, 0.25) is 0 Å². The lowest BCUT2D eigenvalue weighted by Gasteiger charge is -2.16. The third kappa shape index (κ3) is 3.03. The van der Waals surface area contributed by atoms with Crippen molar-refractivity contribution in [3.63, 3.8) is 0 Å². The van der Waals surface area contributed by atoms with Gasteiger partial charge in [-0.2, -0.15) is 0 Å². The number of nitrogens with one attached hydrogen (secondary N) is 1. The minimum absolute atomic E-state index is 0.182. The molecule has 4 aromatic rings. The number of amides is 2. The summed E-state index contributed by atoms with van der Waals surface area (Å²) in [7, 11) is 0. The highest BCUT2D eigenvalue weighted by Gasteiger charge is 2.29. The van der Waals surface area contributed by atoms with Crippen LogP contribution in [-0.2, 0) is 6.42 Å². The van der Waals surface area contributed by atoms with Crippen molar-refractivity contribution in [3.8, 4) is 0 Å². The number of carbonyl (C=O) groups excluding carboxylic acids is 2. The fraction of sp³-hybridized carbons (Fsp3) is 0.125. The third-order valence-corrected chi connectivity index (χ3v) is 5.40. The largest absolute Gasteiger partial charge is 0.319 e. The van der Waals surface area contributed by atoms with Crippen molar-refractivity contribution in [2.24, 2.45) is 0 Å². The van der Waals surface area contributed by atoms with Crippen molar-refractivity contribution in [3.05, 3.63) is 95.6 Å². The summed E-state index contributed by atoms with van der Waals surface area (Å²) in [6, 6.07) is 20.9. The number of carbonyl (C=O) groups is 2. The molecule has 6 heteroatoms. The van der Waals surface area contributed by atoms with Crippen LogP contribution >= 0.6 is 0 Å². The zero-order chi connectivity index (χ0) is 20.7. The van der Waals surface area contributed by atoms with Gasteiger partial charge in [-0.15, -0.1) is 0 Å². The average molecular weight is 396 g/mol. The highest BCUT2D eigenvalue weighted by Crippen LogP contribution is 2.29. The van der Waals surface area contributed by atoms with Crippen LogP contribution in [-0.4, -0.2) is 27.7 Å². The van der Waals surface area contributed by atoms with E-state index in [0.717, 1.165) is 23.2 Å². The molecule has 0 aliphatic carbocycles. The number of nitrogens with zero attached hydrogens (tertiary/aromatic N) is 3.